The summed E-state index contributed by atoms with van der Waals surface area (Å²) >= 11 is 0. The van der Waals surface area contributed by atoms with Crippen LogP contribution in [0.4, 0.5) is 0 Å². The topological polar surface area (TPSA) is 78.9 Å². The highest BCUT2D eigenvalue weighted by Gasteiger charge is 2.27. The van der Waals surface area contributed by atoms with Crippen molar-refractivity contribution in [2.75, 3.05) is 0 Å². The van der Waals surface area contributed by atoms with E-state index in [1.807, 2.05) is 13.0 Å². The highest BCUT2D eigenvalue weighted by Crippen LogP contribution is 2.32. The number of aryl methyl sites for hydroxylation is 1. The number of fused-ring (bicyclic) bond motifs is 1. The largest absolute Gasteiger partial charge is 0.471 e. The quantitative estimate of drug-likeness (QED) is 0.516. The van der Waals surface area contributed by atoms with Gasteiger partial charge in [0.2, 0.25) is 16.9 Å². The smallest absolute Gasteiger partial charge is 0.347 e. The molecule has 1 aromatic carbocycles. The van der Waals surface area contributed by atoms with Gasteiger partial charge in [-0.25, -0.2) is 4.79 Å². The van der Waals surface area contributed by atoms with Gasteiger partial charge >= 0.3 is 5.97 Å². The molecule has 6 nitrogen and oxygen atoms in total. The molecule has 1 fully saturated rings. The van der Waals surface area contributed by atoms with E-state index in [9.17, 15) is 9.59 Å². The van der Waals surface area contributed by atoms with Crippen LogP contribution in [-0.2, 0) is 16.0 Å². The minimum Gasteiger partial charge on any atom is -0.471 e. The Labute approximate surface area is 174 Å². The van der Waals surface area contributed by atoms with Crippen LogP contribution < -0.4 is 10.2 Å². The summed E-state index contributed by atoms with van der Waals surface area (Å²) in [5, 5.41) is 0.410. The minimum atomic E-state index is -0.949. The Bertz CT molecular complexity index is 1070. The number of esters is 1. The zero-order valence-electron chi connectivity index (χ0n) is 17.3. The molecule has 0 aliphatic heterocycles. The molecule has 30 heavy (non-hydrogen) atoms. The molecule has 1 aliphatic rings. The molecule has 158 valence electrons. The van der Waals surface area contributed by atoms with Crippen molar-refractivity contribution in [3.05, 3.63) is 52.4 Å². The fourth-order valence-corrected chi connectivity index (χ4v) is 3.79. The summed E-state index contributed by atoms with van der Waals surface area (Å²) in [6.45, 7) is 3.60. The summed E-state index contributed by atoms with van der Waals surface area (Å²) in [4.78, 5) is 25.9. The molecule has 0 spiro atoms. The fraction of sp³-hybridized carbons (Fsp3) is 0.417. The van der Waals surface area contributed by atoms with Crippen LogP contribution in [0.1, 0.15) is 51.5 Å². The Balaban J connectivity index is 1.68. The lowest BCUT2D eigenvalue weighted by Crippen LogP contribution is -2.32. The average molecular weight is 410 g/mol. The number of ether oxygens (including phenoxy) is 2. The van der Waals surface area contributed by atoms with E-state index in [1.54, 1.807) is 31.2 Å². The maximum Gasteiger partial charge on any atom is 0.347 e. The Morgan fingerprint density at radius 2 is 2.00 bits per heavy atom. The number of carbonyl (C=O) groups excluding carboxylic acids is 1. The lowest BCUT2D eigenvalue weighted by atomic mass is 9.98. The van der Waals surface area contributed by atoms with Gasteiger partial charge in [0.15, 0.2) is 11.9 Å². The highest BCUT2D eigenvalue weighted by molar-refractivity contribution is 5.82. The normalized spacial score (nSPS) is 15.8. The van der Waals surface area contributed by atoms with E-state index in [0.29, 0.717) is 16.7 Å². The maximum absolute atomic E-state index is 13.3. The zero-order valence-corrected chi connectivity index (χ0v) is 17.3. The van der Waals surface area contributed by atoms with E-state index in [1.165, 1.54) is 12.7 Å². The molecule has 1 atom stereocenters. The molecular weight excluding hydrogens is 384 g/mol. The summed E-state index contributed by atoms with van der Waals surface area (Å²) in [5.41, 5.74) is 1.11. The zero-order chi connectivity index (χ0) is 21.1. The molecule has 0 amide bonds. The maximum atomic E-state index is 13.3. The van der Waals surface area contributed by atoms with Gasteiger partial charge in [-0.1, -0.05) is 19.4 Å². The van der Waals surface area contributed by atoms with Crippen LogP contribution in [0.5, 0.6) is 5.75 Å². The molecule has 4 rings (SSSR count). The average Bonchev–Trinajstić information content (AvgIpc) is 3.30. The molecule has 0 bridgehead atoms. The summed E-state index contributed by atoms with van der Waals surface area (Å²) in [6.07, 6.45) is 6.28. The van der Waals surface area contributed by atoms with E-state index in [-0.39, 0.29) is 23.0 Å². The van der Waals surface area contributed by atoms with Crippen molar-refractivity contribution >= 4 is 16.9 Å². The molecule has 3 aromatic rings. The lowest BCUT2D eigenvalue weighted by molar-refractivity contribution is -0.158. The van der Waals surface area contributed by atoms with Crippen molar-refractivity contribution in [2.45, 2.75) is 64.6 Å². The number of rotatable bonds is 6. The van der Waals surface area contributed by atoms with Gasteiger partial charge in [0.05, 0.1) is 11.6 Å². The molecule has 2 aromatic heterocycles. The van der Waals surface area contributed by atoms with Gasteiger partial charge in [0.25, 0.3) is 0 Å². The van der Waals surface area contributed by atoms with Crippen molar-refractivity contribution in [2.24, 2.45) is 0 Å². The van der Waals surface area contributed by atoms with Gasteiger partial charge < -0.3 is 18.3 Å². The third-order valence-electron chi connectivity index (χ3n) is 5.53. The van der Waals surface area contributed by atoms with Crippen LogP contribution in [0.2, 0.25) is 0 Å². The first kappa shape index (κ1) is 20.3. The standard InChI is InChI=1S/C24H26O6/c1-3-16-11-12-19-18(14-16)21(25)23(22(30-19)20-10-7-13-27-20)28-15(2)24(26)29-17-8-5-4-6-9-17/h7,10-15,17H,3-6,8-9H2,1-2H3/t15-/m0/s1. The van der Waals surface area contributed by atoms with Crippen LogP contribution in [0.3, 0.4) is 0 Å². The summed E-state index contributed by atoms with van der Waals surface area (Å²) in [5.74, 6) is 0.00313. The third kappa shape index (κ3) is 4.13. The summed E-state index contributed by atoms with van der Waals surface area (Å²) < 4.78 is 22.9. The van der Waals surface area contributed by atoms with E-state index in [4.69, 9.17) is 18.3 Å². The van der Waals surface area contributed by atoms with Crippen molar-refractivity contribution in [1.29, 1.82) is 0 Å². The summed E-state index contributed by atoms with van der Waals surface area (Å²) in [7, 11) is 0. The first-order chi connectivity index (χ1) is 14.6. The van der Waals surface area contributed by atoms with Gasteiger partial charge in [-0.3, -0.25) is 4.79 Å². The van der Waals surface area contributed by atoms with Gasteiger partial charge in [-0.05, 0) is 68.9 Å². The van der Waals surface area contributed by atoms with E-state index >= 15 is 0 Å². The number of hydrogen-bond acceptors (Lipinski definition) is 6. The predicted molar refractivity (Wildman–Crippen MR) is 113 cm³/mol. The second-order valence-electron chi connectivity index (χ2n) is 7.71. The van der Waals surface area contributed by atoms with Crippen molar-refractivity contribution < 1.29 is 23.1 Å². The highest BCUT2D eigenvalue weighted by atomic mass is 16.6. The molecule has 0 N–H and O–H groups in total. The first-order valence-corrected chi connectivity index (χ1v) is 10.6. The minimum absolute atomic E-state index is 0.0428. The number of furan rings is 1. The monoisotopic (exact) mass is 410 g/mol. The molecule has 1 aliphatic carbocycles. The van der Waals surface area contributed by atoms with Gasteiger partial charge in [-0.2, -0.15) is 0 Å². The van der Waals surface area contributed by atoms with E-state index < -0.39 is 12.1 Å². The van der Waals surface area contributed by atoms with E-state index in [0.717, 1.165) is 37.7 Å². The Morgan fingerprint density at radius 1 is 1.20 bits per heavy atom. The van der Waals surface area contributed by atoms with Crippen LogP contribution in [0, 0.1) is 0 Å². The fourth-order valence-electron chi connectivity index (χ4n) is 3.79. The van der Waals surface area contributed by atoms with Gasteiger partial charge in [-0.15, -0.1) is 0 Å². The Hall–Kier alpha value is -3.02. The lowest BCUT2D eigenvalue weighted by Gasteiger charge is -2.23. The van der Waals surface area contributed by atoms with Crippen molar-refractivity contribution in [3.8, 4) is 17.3 Å². The number of hydrogen-bond donors (Lipinski definition) is 0. The molecule has 0 radical (unpaired) electrons. The molecule has 0 unspecified atom stereocenters. The SMILES string of the molecule is CCc1ccc2oc(-c3ccco3)c(O[C@@H](C)C(=O)OC3CCCCC3)c(=O)c2c1. The van der Waals surface area contributed by atoms with Crippen LogP contribution in [0.25, 0.3) is 22.5 Å². The molecular formula is C24H26O6. The van der Waals surface area contributed by atoms with Crippen LogP contribution in [0.15, 0.2) is 50.2 Å². The third-order valence-corrected chi connectivity index (χ3v) is 5.53. The number of benzene rings is 1. The summed E-state index contributed by atoms with van der Waals surface area (Å²) in [6, 6.07) is 8.87. The van der Waals surface area contributed by atoms with Gasteiger partial charge in [0, 0.05) is 0 Å². The molecule has 1 saturated carbocycles. The number of carbonyl (C=O) groups is 1. The molecule has 0 saturated heterocycles. The first-order valence-electron chi connectivity index (χ1n) is 10.6. The Kier molecular flexibility index (Phi) is 5.93. The second-order valence-corrected chi connectivity index (χ2v) is 7.71. The van der Waals surface area contributed by atoms with E-state index in [2.05, 4.69) is 0 Å². The molecule has 6 heteroatoms. The van der Waals surface area contributed by atoms with Crippen molar-refractivity contribution in [1.82, 2.24) is 0 Å². The van der Waals surface area contributed by atoms with Crippen molar-refractivity contribution in [3.63, 3.8) is 0 Å². The molecule has 2 heterocycles. The van der Waals surface area contributed by atoms with Gasteiger partial charge in [0.1, 0.15) is 11.7 Å². The second kappa shape index (κ2) is 8.78. The van der Waals surface area contributed by atoms with Crippen LogP contribution in [-0.4, -0.2) is 18.2 Å². The van der Waals surface area contributed by atoms with Crippen LogP contribution >= 0.6 is 0 Å². The Morgan fingerprint density at radius 3 is 2.70 bits per heavy atom. The predicted octanol–water partition coefficient (Wildman–Crippen LogP) is 5.26.